The van der Waals surface area contributed by atoms with Gasteiger partial charge in [0.2, 0.25) is 0 Å². The summed E-state index contributed by atoms with van der Waals surface area (Å²) in [4.78, 5) is 15.2. The molecule has 78 valence electrons. The SMILES string of the molecule is CC(C)(C)OCC(=O)Nc1nccs1. The summed E-state index contributed by atoms with van der Waals surface area (Å²) in [6.07, 6.45) is 1.64. The van der Waals surface area contributed by atoms with Crippen LogP contribution >= 0.6 is 11.3 Å². The summed E-state index contributed by atoms with van der Waals surface area (Å²) in [5, 5.41) is 5.05. The van der Waals surface area contributed by atoms with E-state index in [0.717, 1.165) is 0 Å². The quantitative estimate of drug-likeness (QED) is 0.836. The maximum Gasteiger partial charge on any atom is 0.252 e. The van der Waals surface area contributed by atoms with E-state index in [1.54, 1.807) is 11.6 Å². The zero-order valence-electron chi connectivity index (χ0n) is 8.53. The molecule has 0 spiro atoms. The third kappa shape index (κ3) is 4.34. The van der Waals surface area contributed by atoms with E-state index < -0.39 is 0 Å². The number of thiazole rings is 1. The van der Waals surface area contributed by atoms with Gasteiger partial charge in [0.1, 0.15) is 6.61 Å². The van der Waals surface area contributed by atoms with Gasteiger partial charge in [-0.15, -0.1) is 11.3 Å². The number of amides is 1. The Labute approximate surface area is 87.3 Å². The van der Waals surface area contributed by atoms with Crippen LogP contribution in [-0.2, 0) is 9.53 Å². The van der Waals surface area contributed by atoms with Crippen molar-refractivity contribution in [3.05, 3.63) is 11.6 Å². The van der Waals surface area contributed by atoms with Gasteiger partial charge in [0.25, 0.3) is 5.91 Å². The predicted molar refractivity (Wildman–Crippen MR) is 56.4 cm³/mol. The van der Waals surface area contributed by atoms with Crippen molar-refractivity contribution in [1.82, 2.24) is 4.98 Å². The van der Waals surface area contributed by atoms with Gasteiger partial charge in [0.15, 0.2) is 5.13 Å². The number of carbonyl (C=O) groups is 1. The lowest BCUT2D eigenvalue weighted by molar-refractivity contribution is -0.125. The Balaban J connectivity index is 2.30. The molecule has 0 fully saturated rings. The van der Waals surface area contributed by atoms with E-state index >= 15 is 0 Å². The van der Waals surface area contributed by atoms with Crippen molar-refractivity contribution in [3.8, 4) is 0 Å². The molecule has 5 heteroatoms. The lowest BCUT2D eigenvalue weighted by atomic mass is 10.2. The van der Waals surface area contributed by atoms with E-state index in [1.807, 2.05) is 20.8 Å². The van der Waals surface area contributed by atoms with Gasteiger partial charge in [0.05, 0.1) is 5.60 Å². The van der Waals surface area contributed by atoms with Gasteiger partial charge in [-0.25, -0.2) is 4.98 Å². The van der Waals surface area contributed by atoms with Crippen molar-refractivity contribution in [2.75, 3.05) is 11.9 Å². The standard InChI is InChI=1S/C9H14N2O2S/c1-9(2,3)13-6-7(12)11-8-10-4-5-14-8/h4-5H,6H2,1-3H3,(H,10,11,12). The van der Waals surface area contributed by atoms with Gasteiger partial charge in [-0.05, 0) is 20.8 Å². The molecular weight excluding hydrogens is 200 g/mol. The second-order valence-corrected chi connectivity index (χ2v) is 4.68. The topological polar surface area (TPSA) is 51.2 Å². The maximum absolute atomic E-state index is 11.3. The zero-order valence-corrected chi connectivity index (χ0v) is 9.35. The summed E-state index contributed by atoms with van der Waals surface area (Å²) in [5.41, 5.74) is -0.291. The third-order valence-electron chi connectivity index (χ3n) is 1.31. The number of aromatic nitrogens is 1. The number of rotatable bonds is 3. The fourth-order valence-corrected chi connectivity index (χ4v) is 1.27. The van der Waals surface area contributed by atoms with Crippen LogP contribution in [0.15, 0.2) is 11.6 Å². The molecule has 1 N–H and O–H groups in total. The van der Waals surface area contributed by atoms with Crippen LogP contribution in [0, 0.1) is 0 Å². The first-order valence-corrected chi connectivity index (χ1v) is 5.19. The minimum absolute atomic E-state index is 0.0586. The molecule has 0 unspecified atom stereocenters. The molecule has 1 aromatic heterocycles. The van der Waals surface area contributed by atoms with Crippen LogP contribution in [0.5, 0.6) is 0 Å². The molecule has 1 heterocycles. The van der Waals surface area contributed by atoms with E-state index in [1.165, 1.54) is 11.3 Å². The highest BCUT2D eigenvalue weighted by Gasteiger charge is 2.13. The summed E-state index contributed by atoms with van der Waals surface area (Å²) in [6, 6.07) is 0. The molecule has 0 aliphatic rings. The third-order valence-corrected chi connectivity index (χ3v) is 2.00. The zero-order chi connectivity index (χ0) is 10.6. The highest BCUT2D eigenvalue weighted by Crippen LogP contribution is 2.11. The molecule has 1 amide bonds. The Bertz CT molecular complexity index is 290. The molecule has 0 bridgehead atoms. The van der Waals surface area contributed by atoms with Crippen LogP contribution in [0.1, 0.15) is 20.8 Å². The highest BCUT2D eigenvalue weighted by atomic mass is 32.1. The Morgan fingerprint density at radius 3 is 2.86 bits per heavy atom. The van der Waals surface area contributed by atoms with Gasteiger partial charge in [-0.2, -0.15) is 0 Å². The van der Waals surface area contributed by atoms with E-state index in [4.69, 9.17) is 4.74 Å². The van der Waals surface area contributed by atoms with Gasteiger partial charge >= 0.3 is 0 Å². The molecule has 1 aromatic rings. The summed E-state index contributed by atoms with van der Waals surface area (Å²) in [7, 11) is 0. The molecule has 4 nitrogen and oxygen atoms in total. The van der Waals surface area contributed by atoms with Crippen LogP contribution in [0.2, 0.25) is 0 Å². The molecule has 0 radical (unpaired) electrons. The fourth-order valence-electron chi connectivity index (χ4n) is 0.723. The number of hydrogen-bond donors (Lipinski definition) is 1. The molecule has 0 atom stereocenters. The predicted octanol–water partition coefficient (Wildman–Crippen LogP) is 1.90. The van der Waals surface area contributed by atoms with Crippen molar-refractivity contribution < 1.29 is 9.53 Å². The Morgan fingerprint density at radius 2 is 2.36 bits per heavy atom. The Morgan fingerprint density at radius 1 is 1.64 bits per heavy atom. The lowest BCUT2D eigenvalue weighted by Gasteiger charge is -2.18. The van der Waals surface area contributed by atoms with Gasteiger partial charge in [-0.3, -0.25) is 10.1 Å². The average Bonchev–Trinajstić information content (AvgIpc) is 2.52. The summed E-state index contributed by atoms with van der Waals surface area (Å²) in [6.45, 7) is 5.78. The first kappa shape index (κ1) is 11.1. The summed E-state index contributed by atoms with van der Waals surface area (Å²) in [5.74, 6) is -0.171. The summed E-state index contributed by atoms with van der Waals surface area (Å²) < 4.78 is 5.30. The van der Waals surface area contributed by atoms with Crippen LogP contribution in [0.25, 0.3) is 0 Å². The first-order chi connectivity index (χ1) is 6.47. The summed E-state index contributed by atoms with van der Waals surface area (Å²) >= 11 is 1.39. The van der Waals surface area contributed by atoms with Crippen LogP contribution in [0.3, 0.4) is 0 Å². The van der Waals surface area contributed by atoms with Crippen molar-refractivity contribution in [3.63, 3.8) is 0 Å². The van der Waals surface area contributed by atoms with Crippen molar-refractivity contribution in [1.29, 1.82) is 0 Å². The van der Waals surface area contributed by atoms with Gasteiger partial charge in [0, 0.05) is 11.6 Å². The minimum Gasteiger partial charge on any atom is -0.366 e. The molecule has 0 saturated heterocycles. The molecule has 0 aliphatic carbocycles. The van der Waals surface area contributed by atoms with E-state index in [2.05, 4.69) is 10.3 Å². The smallest absolute Gasteiger partial charge is 0.252 e. The highest BCUT2D eigenvalue weighted by molar-refractivity contribution is 7.13. The second-order valence-electron chi connectivity index (χ2n) is 3.79. The number of ether oxygens (including phenoxy) is 1. The number of carbonyl (C=O) groups excluding carboxylic acids is 1. The largest absolute Gasteiger partial charge is 0.366 e. The van der Waals surface area contributed by atoms with Crippen LogP contribution in [-0.4, -0.2) is 23.1 Å². The van der Waals surface area contributed by atoms with E-state index in [-0.39, 0.29) is 18.1 Å². The van der Waals surface area contributed by atoms with E-state index in [0.29, 0.717) is 5.13 Å². The molecule has 0 aliphatic heterocycles. The number of nitrogens with one attached hydrogen (secondary N) is 1. The maximum atomic E-state index is 11.3. The van der Waals surface area contributed by atoms with Crippen LogP contribution < -0.4 is 5.32 Å². The molecule has 14 heavy (non-hydrogen) atoms. The normalized spacial score (nSPS) is 11.4. The molecule has 1 rings (SSSR count). The Hall–Kier alpha value is -0.940. The Kier molecular flexibility index (Phi) is 3.60. The first-order valence-electron chi connectivity index (χ1n) is 4.31. The second kappa shape index (κ2) is 4.52. The number of anilines is 1. The van der Waals surface area contributed by atoms with Crippen molar-refractivity contribution in [2.45, 2.75) is 26.4 Å². The van der Waals surface area contributed by atoms with Gasteiger partial charge < -0.3 is 4.74 Å². The molecule has 0 aromatic carbocycles. The average molecular weight is 214 g/mol. The fraction of sp³-hybridized carbons (Fsp3) is 0.556. The molecular formula is C9H14N2O2S. The van der Waals surface area contributed by atoms with Crippen LogP contribution in [0.4, 0.5) is 5.13 Å². The van der Waals surface area contributed by atoms with Gasteiger partial charge in [-0.1, -0.05) is 0 Å². The molecule has 0 saturated carbocycles. The van der Waals surface area contributed by atoms with Crippen molar-refractivity contribution in [2.24, 2.45) is 0 Å². The number of hydrogen-bond acceptors (Lipinski definition) is 4. The lowest BCUT2D eigenvalue weighted by Crippen LogP contribution is -2.27. The van der Waals surface area contributed by atoms with Crippen molar-refractivity contribution >= 4 is 22.4 Å². The minimum atomic E-state index is -0.291. The monoisotopic (exact) mass is 214 g/mol. The van der Waals surface area contributed by atoms with E-state index in [9.17, 15) is 4.79 Å². The number of nitrogens with zero attached hydrogens (tertiary/aromatic N) is 1.